The van der Waals surface area contributed by atoms with E-state index >= 15 is 0 Å². The third-order valence-electron chi connectivity index (χ3n) is 4.15. The van der Waals surface area contributed by atoms with Gasteiger partial charge in [0.1, 0.15) is 0 Å². The zero-order chi connectivity index (χ0) is 13.7. The zero-order valence-corrected chi connectivity index (χ0v) is 12.3. The standard InChI is InChI=1S/C17H26N2/c1-4-5-6-17(19-11-9-18-10-12-19)16-8-7-14(2)15(3)13-16/h4,7-8,13,17-18H,1,5-6,9-12H2,2-3H3/t17-/m1/s1. The molecule has 2 heteroatoms. The third kappa shape index (κ3) is 3.68. The Morgan fingerprint density at radius 2 is 2.00 bits per heavy atom. The summed E-state index contributed by atoms with van der Waals surface area (Å²) in [5, 5.41) is 3.44. The van der Waals surface area contributed by atoms with Gasteiger partial charge < -0.3 is 5.32 Å². The first kappa shape index (κ1) is 14.3. The quantitative estimate of drug-likeness (QED) is 0.816. The number of nitrogens with one attached hydrogen (secondary N) is 1. The molecule has 2 rings (SSSR count). The van der Waals surface area contributed by atoms with Crippen molar-refractivity contribution >= 4 is 0 Å². The lowest BCUT2D eigenvalue weighted by Crippen LogP contribution is -2.45. The first-order valence-electron chi connectivity index (χ1n) is 7.35. The summed E-state index contributed by atoms with van der Waals surface area (Å²) in [5.74, 6) is 0. The monoisotopic (exact) mass is 258 g/mol. The van der Waals surface area contributed by atoms with Crippen LogP contribution < -0.4 is 5.32 Å². The molecule has 1 aromatic rings. The van der Waals surface area contributed by atoms with E-state index in [9.17, 15) is 0 Å². The molecule has 0 radical (unpaired) electrons. The van der Waals surface area contributed by atoms with Crippen LogP contribution in [0.15, 0.2) is 30.9 Å². The molecule has 0 aliphatic carbocycles. The average molecular weight is 258 g/mol. The molecule has 1 fully saturated rings. The van der Waals surface area contributed by atoms with Gasteiger partial charge in [-0.05, 0) is 43.4 Å². The van der Waals surface area contributed by atoms with Crippen molar-refractivity contribution < 1.29 is 0 Å². The number of hydrogen-bond donors (Lipinski definition) is 1. The fraction of sp³-hybridized carbons (Fsp3) is 0.529. The minimum absolute atomic E-state index is 0.541. The number of rotatable bonds is 5. The molecular formula is C17H26N2. The molecule has 1 atom stereocenters. The summed E-state index contributed by atoms with van der Waals surface area (Å²) in [7, 11) is 0. The Morgan fingerprint density at radius 3 is 2.63 bits per heavy atom. The van der Waals surface area contributed by atoms with Crippen molar-refractivity contribution in [1.29, 1.82) is 0 Å². The smallest absolute Gasteiger partial charge is 0.0352 e. The predicted octanol–water partition coefficient (Wildman–Crippen LogP) is 3.22. The van der Waals surface area contributed by atoms with Crippen LogP contribution in [0, 0.1) is 13.8 Å². The Labute approximate surface area is 117 Å². The lowest BCUT2D eigenvalue weighted by Gasteiger charge is -2.35. The largest absolute Gasteiger partial charge is 0.314 e. The maximum absolute atomic E-state index is 3.87. The zero-order valence-electron chi connectivity index (χ0n) is 12.3. The normalized spacial score (nSPS) is 18.2. The first-order valence-corrected chi connectivity index (χ1v) is 7.35. The molecule has 1 aromatic carbocycles. The maximum Gasteiger partial charge on any atom is 0.0352 e. The molecule has 0 bridgehead atoms. The molecule has 1 aliphatic rings. The lowest BCUT2D eigenvalue weighted by atomic mass is 9.96. The summed E-state index contributed by atoms with van der Waals surface area (Å²) in [6.07, 6.45) is 4.30. The summed E-state index contributed by atoms with van der Waals surface area (Å²) >= 11 is 0. The highest BCUT2D eigenvalue weighted by Gasteiger charge is 2.21. The van der Waals surface area contributed by atoms with Gasteiger partial charge in [0.05, 0.1) is 0 Å². The number of piperazine rings is 1. The van der Waals surface area contributed by atoms with Crippen molar-refractivity contribution in [1.82, 2.24) is 10.2 Å². The Morgan fingerprint density at radius 1 is 1.26 bits per heavy atom. The molecule has 0 spiro atoms. The van der Waals surface area contributed by atoms with Crippen LogP contribution in [0.4, 0.5) is 0 Å². The van der Waals surface area contributed by atoms with Crippen LogP contribution in [0.1, 0.15) is 35.6 Å². The summed E-state index contributed by atoms with van der Waals surface area (Å²) < 4.78 is 0. The molecule has 2 nitrogen and oxygen atoms in total. The Bertz CT molecular complexity index is 419. The molecule has 0 saturated carbocycles. The molecule has 0 unspecified atom stereocenters. The van der Waals surface area contributed by atoms with Crippen LogP contribution in [0.2, 0.25) is 0 Å². The van der Waals surface area contributed by atoms with Gasteiger partial charge in [-0.15, -0.1) is 6.58 Å². The van der Waals surface area contributed by atoms with Crippen LogP contribution in [-0.4, -0.2) is 31.1 Å². The minimum Gasteiger partial charge on any atom is -0.314 e. The van der Waals surface area contributed by atoms with Gasteiger partial charge in [-0.3, -0.25) is 4.90 Å². The summed E-state index contributed by atoms with van der Waals surface area (Å²) in [6, 6.07) is 7.47. The third-order valence-corrected chi connectivity index (χ3v) is 4.15. The summed E-state index contributed by atoms with van der Waals surface area (Å²) in [5.41, 5.74) is 4.25. The Hall–Kier alpha value is -1.12. The second-order valence-electron chi connectivity index (χ2n) is 5.51. The SMILES string of the molecule is C=CCC[C@H](c1ccc(C)c(C)c1)N1CCNCC1. The predicted molar refractivity (Wildman–Crippen MR) is 82.5 cm³/mol. The fourth-order valence-corrected chi connectivity index (χ4v) is 2.80. The van der Waals surface area contributed by atoms with Crippen LogP contribution in [0.5, 0.6) is 0 Å². The molecule has 1 N–H and O–H groups in total. The van der Waals surface area contributed by atoms with Gasteiger partial charge in [0, 0.05) is 32.2 Å². The van der Waals surface area contributed by atoms with Gasteiger partial charge in [-0.1, -0.05) is 24.3 Å². The molecule has 0 aromatic heterocycles. The second-order valence-corrected chi connectivity index (χ2v) is 5.51. The van der Waals surface area contributed by atoms with Crippen molar-refractivity contribution in [2.75, 3.05) is 26.2 Å². The Balaban J connectivity index is 2.19. The van der Waals surface area contributed by atoms with Crippen LogP contribution in [0.25, 0.3) is 0 Å². The van der Waals surface area contributed by atoms with Crippen LogP contribution in [0.3, 0.4) is 0 Å². The van der Waals surface area contributed by atoms with E-state index < -0.39 is 0 Å². The lowest BCUT2D eigenvalue weighted by molar-refractivity contribution is 0.166. The van der Waals surface area contributed by atoms with E-state index in [1.54, 1.807) is 0 Å². The molecule has 1 saturated heterocycles. The highest BCUT2D eigenvalue weighted by atomic mass is 15.2. The van der Waals surface area contributed by atoms with Gasteiger partial charge >= 0.3 is 0 Å². The molecule has 19 heavy (non-hydrogen) atoms. The van der Waals surface area contributed by atoms with Gasteiger partial charge in [0.2, 0.25) is 0 Å². The van der Waals surface area contributed by atoms with E-state index in [0.717, 1.165) is 32.6 Å². The van der Waals surface area contributed by atoms with Crippen LogP contribution in [-0.2, 0) is 0 Å². The topological polar surface area (TPSA) is 15.3 Å². The molecular weight excluding hydrogens is 232 g/mol. The highest BCUT2D eigenvalue weighted by molar-refractivity contribution is 5.32. The molecule has 104 valence electrons. The number of benzene rings is 1. The number of hydrogen-bond acceptors (Lipinski definition) is 2. The van der Waals surface area contributed by atoms with E-state index in [0.29, 0.717) is 6.04 Å². The molecule has 1 aliphatic heterocycles. The summed E-state index contributed by atoms with van der Waals surface area (Å²) in [6.45, 7) is 12.8. The van der Waals surface area contributed by atoms with Crippen molar-refractivity contribution in [3.63, 3.8) is 0 Å². The van der Waals surface area contributed by atoms with Crippen molar-refractivity contribution in [2.45, 2.75) is 32.7 Å². The number of nitrogens with zero attached hydrogens (tertiary/aromatic N) is 1. The van der Waals surface area contributed by atoms with E-state index in [1.807, 2.05) is 6.08 Å². The average Bonchev–Trinajstić information content (AvgIpc) is 2.44. The van der Waals surface area contributed by atoms with Crippen molar-refractivity contribution in [3.05, 3.63) is 47.5 Å². The van der Waals surface area contributed by atoms with Crippen molar-refractivity contribution in [2.24, 2.45) is 0 Å². The van der Waals surface area contributed by atoms with Gasteiger partial charge in [-0.25, -0.2) is 0 Å². The van der Waals surface area contributed by atoms with E-state index in [4.69, 9.17) is 0 Å². The highest BCUT2D eigenvalue weighted by Crippen LogP contribution is 2.27. The van der Waals surface area contributed by atoms with Crippen molar-refractivity contribution in [3.8, 4) is 0 Å². The Kier molecular flexibility index (Phi) is 5.17. The van der Waals surface area contributed by atoms with E-state index in [1.165, 1.54) is 23.1 Å². The fourth-order valence-electron chi connectivity index (χ4n) is 2.80. The first-order chi connectivity index (χ1) is 9.22. The van der Waals surface area contributed by atoms with Crippen LogP contribution >= 0.6 is 0 Å². The number of allylic oxidation sites excluding steroid dienone is 1. The minimum atomic E-state index is 0.541. The molecule has 1 heterocycles. The van der Waals surface area contributed by atoms with Gasteiger partial charge in [0.15, 0.2) is 0 Å². The second kappa shape index (κ2) is 6.88. The van der Waals surface area contributed by atoms with E-state index in [2.05, 4.69) is 48.8 Å². The maximum atomic E-state index is 3.87. The van der Waals surface area contributed by atoms with Gasteiger partial charge in [-0.2, -0.15) is 0 Å². The van der Waals surface area contributed by atoms with E-state index in [-0.39, 0.29) is 0 Å². The summed E-state index contributed by atoms with van der Waals surface area (Å²) in [4.78, 5) is 2.62. The van der Waals surface area contributed by atoms with Gasteiger partial charge in [0.25, 0.3) is 0 Å². The number of aryl methyl sites for hydroxylation is 2. The molecule has 0 amide bonds.